The number of amides is 9. The van der Waals surface area contributed by atoms with E-state index in [9.17, 15) is 74.3 Å². The van der Waals surface area contributed by atoms with Crippen molar-refractivity contribution in [3.8, 4) is 57.1 Å². The molecule has 18 atom stereocenters. The number of carbonyl (C=O) groups excluding carboxylic acids is 9. The number of fused-ring (bicyclic) bond motifs is 15. The Bertz CT molecular complexity index is 5370. The molecule has 11 bridgehead atoms. The van der Waals surface area contributed by atoms with Crippen LogP contribution in [-0.2, 0) is 70.3 Å². The second-order valence-corrected chi connectivity index (χ2v) is 32.2. The fraction of sp³-hybridized carbons (Fsp3) is 0.402. The van der Waals surface area contributed by atoms with Crippen LogP contribution < -0.4 is 84.3 Å². The SMILES string of the molecule is CCNNC(=O)C1NC(=O)C2NC(=O)C(NC(=O)C3NC(=O)C(CC(N)=O)NC(=O)C(NC(=O)C(CC(C)C)NC)C(O)c4ccc(c(Cl)c4)Oc4cc3cc(c4OC3OC(CO)C(O)C(O)C3OC3CC(C)(NCCn4ccc(NC(=O)Cc5ccc(Cl)c(F)c5)nc4=O)C(O)C(C)O3)Oc3ccc(cc3Cl)C2O)c2ccc(O)c(c2)-c2c(O)cc(O)cc21. The van der Waals surface area contributed by atoms with Crippen LogP contribution in [0.15, 0.2) is 114 Å². The Morgan fingerprint density at radius 3 is 2.02 bits per heavy atom. The molecule has 39 nitrogen and oxygen atoms in total. The maximum Gasteiger partial charge on any atom is 0.349 e. The lowest BCUT2D eigenvalue weighted by Crippen LogP contribution is -2.65. The Labute approximate surface area is 726 Å². The number of hydrazine groups is 1. The van der Waals surface area contributed by atoms with Crippen molar-refractivity contribution in [1.82, 2.24) is 62.9 Å². The van der Waals surface area contributed by atoms with Crippen LogP contribution in [0.25, 0.3) is 11.1 Å². The average Bonchev–Trinajstić information content (AvgIpc) is 0.767. The summed E-state index contributed by atoms with van der Waals surface area (Å²) in [7, 11) is 1.47. The number of nitrogens with zero attached hydrogens (tertiary/aromatic N) is 2. The van der Waals surface area contributed by atoms with Crippen molar-refractivity contribution < 1.29 is 122 Å². The molecule has 0 radical (unpaired) electrons. The number of aliphatic hydroxyl groups is 6. The van der Waals surface area contributed by atoms with E-state index in [1.807, 2.05) is 13.8 Å². The fourth-order valence-electron chi connectivity index (χ4n) is 15.1. The maximum absolute atomic E-state index is 16.3. The van der Waals surface area contributed by atoms with Gasteiger partial charge in [0.05, 0.1) is 52.8 Å². The van der Waals surface area contributed by atoms with Gasteiger partial charge in [-0.05, 0) is 139 Å². The summed E-state index contributed by atoms with van der Waals surface area (Å²) in [6.45, 7) is 7.21. The number of carbonyl (C=O) groups is 9. The number of hydrogen-bond acceptors (Lipinski definition) is 29. The summed E-state index contributed by atoms with van der Waals surface area (Å²) in [5.41, 5.74) is 6.31. The highest BCUT2D eigenvalue weighted by Gasteiger charge is 2.52. The molecule has 125 heavy (non-hydrogen) atoms. The molecule has 43 heteroatoms. The van der Waals surface area contributed by atoms with Gasteiger partial charge in [-0.1, -0.05) is 79.8 Å². The minimum atomic E-state index is -2.39. The minimum absolute atomic E-state index is 0.0608. The number of primary amides is 1. The van der Waals surface area contributed by atoms with Crippen molar-refractivity contribution >= 4 is 93.8 Å². The number of phenolic OH excluding ortho intramolecular Hbond substituents is 3. The lowest BCUT2D eigenvalue weighted by molar-refractivity contribution is -0.334. The molecule has 668 valence electrons. The first-order chi connectivity index (χ1) is 59.3. The van der Waals surface area contributed by atoms with E-state index in [4.69, 9.17) is 69.0 Å². The second kappa shape index (κ2) is 39.4. The van der Waals surface area contributed by atoms with E-state index in [1.165, 1.54) is 55.1 Å². The summed E-state index contributed by atoms with van der Waals surface area (Å²) < 4.78 is 54.7. The smallest absolute Gasteiger partial charge is 0.349 e. The summed E-state index contributed by atoms with van der Waals surface area (Å²) in [6, 6.07) is 4.93. The van der Waals surface area contributed by atoms with Gasteiger partial charge in [-0.15, -0.1) is 0 Å². The Balaban J connectivity index is 0.998. The molecule has 0 saturated carbocycles. The zero-order valence-corrected chi connectivity index (χ0v) is 69.7. The van der Waals surface area contributed by atoms with E-state index in [2.05, 4.69) is 63.7 Å². The zero-order valence-electron chi connectivity index (χ0n) is 67.5. The van der Waals surface area contributed by atoms with E-state index < -0.39 is 259 Å². The zero-order chi connectivity index (χ0) is 90.5. The van der Waals surface area contributed by atoms with Crippen LogP contribution in [0.3, 0.4) is 0 Å². The van der Waals surface area contributed by atoms with Crippen LogP contribution in [0.1, 0.15) is 118 Å². The summed E-state index contributed by atoms with van der Waals surface area (Å²) in [5.74, 6) is -16.7. The third-order valence-electron chi connectivity index (χ3n) is 21.5. The van der Waals surface area contributed by atoms with Crippen molar-refractivity contribution in [3.63, 3.8) is 0 Å². The van der Waals surface area contributed by atoms with Gasteiger partial charge in [0.25, 0.3) is 5.91 Å². The van der Waals surface area contributed by atoms with Crippen LogP contribution in [0.5, 0.6) is 46.0 Å². The van der Waals surface area contributed by atoms with E-state index in [1.54, 1.807) is 13.8 Å². The van der Waals surface area contributed by atoms with Crippen LogP contribution in [-0.4, -0.2) is 214 Å². The number of anilines is 1. The molecule has 1 aromatic heterocycles. The predicted octanol–water partition coefficient (Wildman–Crippen LogP) is 1.52. The number of benzene rings is 6. The molecule has 2 fully saturated rings. The van der Waals surface area contributed by atoms with Crippen molar-refractivity contribution in [2.24, 2.45) is 11.7 Å². The number of halogens is 4. The molecule has 14 rings (SSSR count). The van der Waals surface area contributed by atoms with Crippen LogP contribution >= 0.6 is 34.8 Å². The Morgan fingerprint density at radius 2 is 1.38 bits per heavy atom. The largest absolute Gasteiger partial charge is 0.508 e. The molecule has 0 spiro atoms. The molecule has 8 heterocycles. The van der Waals surface area contributed by atoms with Crippen molar-refractivity contribution in [2.75, 3.05) is 32.1 Å². The maximum atomic E-state index is 16.3. The second-order valence-electron chi connectivity index (χ2n) is 31.0. The lowest BCUT2D eigenvalue weighted by Gasteiger charge is -2.48. The number of likely N-dealkylation sites (N-methyl/N-ethyl adjacent to an activating group) is 1. The van der Waals surface area contributed by atoms with Gasteiger partial charge in [-0.3, -0.25) is 53.1 Å². The first-order valence-electron chi connectivity index (χ1n) is 39.4. The normalized spacial score (nSPS) is 25.9. The number of aliphatic hydroxyl groups excluding tert-OH is 6. The molecular formula is C82H92Cl3FN14O25. The summed E-state index contributed by atoms with van der Waals surface area (Å²) in [5, 5.41) is 129. The Kier molecular flexibility index (Phi) is 29.2. The highest BCUT2D eigenvalue weighted by atomic mass is 35.5. The molecule has 2 saturated heterocycles. The molecule has 22 N–H and O–H groups in total. The van der Waals surface area contributed by atoms with E-state index in [-0.39, 0.29) is 78.1 Å². The van der Waals surface area contributed by atoms with Gasteiger partial charge in [0.2, 0.25) is 59.3 Å². The molecule has 6 aromatic carbocycles. The number of ether oxygens (including phenoxy) is 6. The summed E-state index contributed by atoms with van der Waals surface area (Å²) in [6.07, 6.45) is -18.5. The number of phenols is 3. The average molecular weight is 1800 g/mol. The van der Waals surface area contributed by atoms with Crippen LogP contribution in [0, 0.1) is 11.7 Å². The number of aromatic nitrogens is 2. The lowest BCUT2D eigenvalue weighted by atomic mass is 9.85. The van der Waals surface area contributed by atoms with Crippen LogP contribution in [0.2, 0.25) is 15.1 Å². The van der Waals surface area contributed by atoms with Gasteiger partial charge in [0, 0.05) is 55.0 Å². The van der Waals surface area contributed by atoms with Crippen molar-refractivity contribution in [3.05, 3.63) is 174 Å². The monoisotopic (exact) mass is 1800 g/mol. The third kappa shape index (κ3) is 21.1. The Morgan fingerprint density at radius 1 is 0.728 bits per heavy atom. The predicted molar refractivity (Wildman–Crippen MR) is 440 cm³/mol. The first kappa shape index (κ1) is 92.7. The minimum Gasteiger partial charge on any atom is -0.508 e. The van der Waals surface area contributed by atoms with Gasteiger partial charge in [-0.2, -0.15) is 4.98 Å². The van der Waals surface area contributed by atoms with E-state index >= 15 is 24.0 Å². The molecule has 7 aromatic rings. The molecule has 7 aliphatic heterocycles. The molecular weight excluding hydrogens is 1710 g/mol. The van der Waals surface area contributed by atoms with Crippen molar-refractivity contribution in [1.29, 1.82) is 0 Å². The van der Waals surface area contributed by atoms with Crippen molar-refractivity contribution in [2.45, 2.75) is 176 Å². The molecule has 9 amide bonds. The number of hydrogen-bond donors (Lipinski definition) is 21. The number of aromatic hydroxyl groups is 3. The molecule has 0 aliphatic carbocycles. The van der Waals surface area contributed by atoms with E-state index in [0.717, 1.165) is 72.8 Å². The highest BCUT2D eigenvalue weighted by molar-refractivity contribution is 6.32. The number of nitrogens with two attached hydrogens (primary N) is 1. The third-order valence-corrected chi connectivity index (χ3v) is 22.4. The van der Waals surface area contributed by atoms with Gasteiger partial charge < -0.3 is 128 Å². The summed E-state index contributed by atoms with van der Waals surface area (Å²) in [4.78, 5) is 150. The number of nitrogens with one attached hydrogen (secondary N) is 11. The molecule has 7 aliphatic rings. The summed E-state index contributed by atoms with van der Waals surface area (Å²) >= 11 is 20.2. The van der Waals surface area contributed by atoms with Gasteiger partial charge in [0.1, 0.15) is 107 Å². The van der Waals surface area contributed by atoms with Gasteiger partial charge >= 0.3 is 5.69 Å². The highest BCUT2D eigenvalue weighted by Crippen LogP contribution is 2.50. The fourth-order valence-corrected chi connectivity index (χ4v) is 15.6. The van der Waals surface area contributed by atoms with Crippen LogP contribution in [0.4, 0.5) is 10.2 Å². The quantitative estimate of drug-likeness (QED) is 0.0428. The standard InChI is InChI=1S/C82H92Cl3FN14O25/c1-7-90-99-79(118)63-42-28-40(102)29-50(104)60(42)41-23-36(9-13-49(41)103)61-75(114)98-65(78(117)96-63)67(108)38-11-15-52(45(85)25-38)122-54-27-39-26-53(121-51-14-10-37(24-44(51)84)66(107)64(97-73(112)47(88-6)20-33(2)3)77(116)91-48(30-56(87)105)74(113)94-62(39)76(115)95-61)70(54)125-80-71(69(110)68(109)55(32-101)123-80)124-59-31-82(5,72(111)34(4)120-59)89-17-19-100-18-16-57(93-81(100)119)92-58(106)22-35-8-12-43(83)46(86)21-35/h8-16,18,21,23-29,33-34,47-48,55,59,61-69,71-72,80,88-90,101-104,107-111H,7,17,19-20,22,30-32H2,1-6H3,(H2,87,105)(H,91,116)(H,94,113)(H,95,115)(H,96,117)(H,97,112)(H,98,114)(H,99,118)(H,92,93,106,119). The topological polar surface area (TPSA) is 584 Å². The Hall–Kier alpha value is -11.5. The van der Waals surface area contributed by atoms with Gasteiger partial charge in [0.15, 0.2) is 23.9 Å². The first-order valence-corrected chi connectivity index (χ1v) is 40.5. The van der Waals surface area contributed by atoms with E-state index in [0.29, 0.717) is 5.56 Å². The molecule has 18 unspecified atom stereocenters. The number of rotatable bonds is 22. The van der Waals surface area contributed by atoms with Gasteiger partial charge in [-0.25, -0.2) is 14.6 Å².